The zero-order valence-corrected chi connectivity index (χ0v) is 9.35. The van der Waals surface area contributed by atoms with Gasteiger partial charge in [-0.15, -0.1) is 11.3 Å². The summed E-state index contributed by atoms with van der Waals surface area (Å²) in [7, 11) is 0. The third-order valence-electron chi connectivity index (χ3n) is 1.94. The van der Waals surface area contributed by atoms with Gasteiger partial charge in [0.05, 0.1) is 19.7 Å². The number of carboxylic acids is 1. The van der Waals surface area contributed by atoms with Crippen LogP contribution in [0.5, 0.6) is 0 Å². The van der Waals surface area contributed by atoms with E-state index in [-0.39, 0.29) is 0 Å². The molecule has 0 atom stereocenters. The largest absolute Gasteiger partial charge is 0.478 e. The molecule has 14 heavy (non-hydrogen) atoms. The number of nitrogens with two attached hydrogens (primary N) is 1. The Labute approximate surface area is 92.3 Å². The summed E-state index contributed by atoms with van der Waals surface area (Å²) in [4.78, 5) is 10.9. The predicted molar refractivity (Wildman–Crippen MR) is 60.9 cm³/mol. The number of carboxylic acid groups (broad SMARTS) is 1. The van der Waals surface area contributed by atoms with Gasteiger partial charge in [-0.1, -0.05) is 12.1 Å². The van der Waals surface area contributed by atoms with Crippen LogP contribution in [-0.2, 0) is 0 Å². The number of nitrogen functional groups attached to an aromatic ring is 1. The van der Waals surface area contributed by atoms with E-state index in [1.807, 2.05) is 6.07 Å². The Hall–Kier alpha value is -1.07. The van der Waals surface area contributed by atoms with Crippen molar-refractivity contribution in [2.45, 2.75) is 0 Å². The molecule has 0 radical (unpaired) electrons. The maximum atomic E-state index is 10.9. The fourth-order valence-electron chi connectivity index (χ4n) is 1.28. The molecule has 0 fully saturated rings. The fraction of sp³-hybridized carbons (Fsp3) is 0. The Balaban J connectivity index is 2.88. The standard InChI is InChI=1S/C9H6BrNO2S/c10-8-6(11)4-2-1-3-5(9(12)13)7(4)14-8/h1-3H,11H2,(H,12,13). The molecule has 0 aliphatic carbocycles. The third-order valence-corrected chi connectivity index (χ3v) is 3.89. The molecule has 3 N–H and O–H groups in total. The first-order valence-corrected chi connectivity index (χ1v) is 5.42. The van der Waals surface area contributed by atoms with Gasteiger partial charge in [0.2, 0.25) is 0 Å². The van der Waals surface area contributed by atoms with Crippen LogP contribution >= 0.6 is 27.3 Å². The second-order valence-corrected chi connectivity index (χ2v) is 5.12. The van der Waals surface area contributed by atoms with Crippen molar-refractivity contribution >= 4 is 49.0 Å². The van der Waals surface area contributed by atoms with E-state index in [0.717, 1.165) is 9.17 Å². The van der Waals surface area contributed by atoms with Gasteiger partial charge in [-0.3, -0.25) is 0 Å². The van der Waals surface area contributed by atoms with Crippen LogP contribution in [-0.4, -0.2) is 11.1 Å². The van der Waals surface area contributed by atoms with Crippen LogP contribution in [0.2, 0.25) is 0 Å². The maximum absolute atomic E-state index is 10.9. The van der Waals surface area contributed by atoms with Gasteiger partial charge < -0.3 is 10.8 Å². The third kappa shape index (κ3) is 1.29. The van der Waals surface area contributed by atoms with Crippen molar-refractivity contribution in [2.24, 2.45) is 0 Å². The summed E-state index contributed by atoms with van der Waals surface area (Å²) in [5.74, 6) is -0.927. The van der Waals surface area contributed by atoms with Crippen molar-refractivity contribution in [3.05, 3.63) is 27.5 Å². The first kappa shape index (κ1) is 9.48. The average Bonchev–Trinajstić information content (AvgIpc) is 2.43. The van der Waals surface area contributed by atoms with Crippen molar-refractivity contribution < 1.29 is 9.90 Å². The van der Waals surface area contributed by atoms with Crippen molar-refractivity contribution in [3.8, 4) is 0 Å². The Kier molecular flexibility index (Phi) is 2.20. The molecular formula is C9H6BrNO2S. The van der Waals surface area contributed by atoms with Gasteiger partial charge in [0, 0.05) is 5.39 Å². The molecule has 2 rings (SSSR count). The monoisotopic (exact) mass is 271 g/mol. The highest BCUT2D eigenvalue weighted by molar-refractivity contribution is 9.11. The molecule has 1 aromatic carbocycles. The van der Waals surface area contributed by atoms with E-state index in [1.165, 1.54) is 11.3 Å². The van der Waals surface area contributed by atoms with Crippen LogP contribution in [0.3, 0.4) is 0 Å². The van der Waals surface area contributed by atoms with Gasteiger partial charge in [-0.25, -0.2) is 4.79 Å². The zero-order valence-electron chi connectivity index (χ0n) is 6.95. The molecule has 0 unspecified atom stereocenters. The number of anilines is 1. The Morgan fingerprint density at radius 1 is 1.50 bits per heavy atom. The molecule has 0 saturated heterocycles. The Morgan fingerprint density at radius 3 is 2.86 bits per heavy atom. The van der Waals surface area contributed by atoms with Crippen molar-refractivity contribution in [2.75, 3.05) is 5.73 Å². The lowest BCUT2D eigenvalue weighted by atomic mass is 10.1. The molecule has 0 amide bonds. The van der Waals surface area contributed by atoms with E-state index in [9.17, 15) is 4.79 Å². The van der Waals surface area contributed by atoms with Crippen LogP contribution in [0, 0.1) is 0 Å². The summed E-state index contributed by atoms with van der Waals surface area (Å²) in [5, 5.41) is 9.73. The average molecular weight is 272 g/mol. The lowest BCUT2D eigenvalue weighted by Crippen LogP contribution is -1.95. The number of aromatic carboxylic acids is 1. The van der Waals surface area contributed by atoms with E-state index < -0.39 is 5.97 Å². The molecule has 0 bridgehead atoms. The van der Waals surface area contributed by atoms with Crippen LogP contribution in [0.25, 0.3) is 10.1 Å². The van der Waals surface area contributed by atoms with Crippen LogP contribution < -0.4 is 5.73 Å². The number of rotatable bonds is 1. The van der Waals surface area contributed by atoms with Crippen molar-refractivity contribution in [3.63, 3.8) is 0 Å². The van der Waals surface area contributed by atoms with Gasteiger partial charge in [-0.05, 0) is 22.0 Å². The second-order valence-electron chi connectivity index (χ2n) is 2.78. The van der Waals surface area contributed by atoms with Crippen LogP contribution in [0.15, 0.2) is 22.0 Å². The number of halogens is 1. The van der Waals surface area contributed by atoms with Crippen molar-refractivity contribution in [1.82, 2.24) is 0 Å². The first-order valence-electron chi connectivity index (χ1n) is 3.81. The molecule has 5 heteroatoms. The molecule has 0 saturated carbocycles. The lowest BCUT2D eigenvalue weighted by Gasteiger charge is -1.95. The predicted octanol–water partition coefficient (Wildman–Crippen LogP) is 2.94. The first-order chi connectivity index (χ1) is 6.61. The van der Waals surface area contributed by atoms with E-state index in [0.29, 0.717) is 16.0 Å². The minimum absolute atomic E-state index is 0.296. The maximum Gasteiger partial charge on any atom is 0.337 e. The summed E-state index contributed by atoms with van der Waals surface area (Å²) < 4.78 is 1.49. The highest BCUT2D eigenvalue weighted by Crippen LogP contribution is 2.39. The number of carbonyl (C=O) groups is 1. The highest BCUT2D eigenvalue weighted by atomic mass is 79.9. The number of benzene rings is 1. The molecular weight excluding hydrogens is 266 g/mol. The molecule has 3 nitrogen and oxygen atoms in total. The Bertz CT molecular complexity index is 521. The molecule has 0 aliphatic heterocycles. The molecule has 72 valence electrons. The topological polar surface area (TPSA) is 63.3 Å². The molecule has 0 aliphatic rings. The summed E-state index contributed by atoms with van der Waals surface area (Å²) >= 11 is 4.64. The minimum atomic E-state index is -0.927. The van der Waals surface area contributed by atoms with Crippen molar-refractivity contribution in [1.29, 1.82) is 0 Å². The molecule has 2 aromatic rings. The van der Waals surface area contributed by atoms with E-state index in [1.54, 1.807) is 12.1 Å². The van der Waals surface area contributed by atoms with E-state index in [2.05, 4.69) is 15.9 Å². The zero-order chi connectivity index (χ0) is 10.3. The van der Waals surface area contributed by atoms with Gasteiger partial charge in [-0.2, -0.15) is 0 Å². The van der Waals surface area contributed by atoms with Gasteiger partial charge in [0.1, 0.15) is 0 Å². The molecule has 0 spiro atoms. The van der Waals surface area contributed by atoms with E-state index >= 15 is 0 Å². The number of fused-ring (bicyclic) bond motifs is 1. The van der Waals surface area contributed by atoms with Crippen LogP contribution in [0.4, 0.5) is 5.69 Å². The summed E-state index contributed by atoms with van der Waals surface area (Å²) in [5.41, 5.74) is 6.68. The second kappa shape index (κ2) is 3.25. The minimum Gasteiger partial charge on any atom is -0.478 e. The highest BCUT2D eigenvalue weighted by Gasteiger charge is 2.13. The Morgan fingerprint density at radius 2 is 2.21 bits per heavy atom. The van der Waals surface area contributed by atoms with Crippen LogP contribution in [0.1, 0.15) is 10.4 Å². The SMILES string of the molecule is Nc1c(Br)sc2c(C(=O)O)cccc12. The summed E-state index contributed by atoms with van der Waals surface area (Å²) in [6.07, 6.45) is 0. The van der Waals surface area contributed by atoms with E-state index in [4.69, 9.17) is 10.8 Å². The quantitative estimate of drug-likeness (QED) is 0.838. The number of hydrogen-bond acceptors (Lipinski definition) is 3. The smallest absolute Gasteiger partial charge is 0.337 e. The van der Waals surface area contributed by atoms with Gasteiger partial charge in [0.25, 0.3) is 0 Å². The normalized spacial score (nSPS) is 10.6. The molecule has 1 heterocycles. The summed E-state index contributed by atoms with van der Waals surface area (Å²) in [6.45, 7) is 0. The molecule has 1 aromatic heterocycles. The summed E-state index contributed by atoms with van der Waals surface area (Å²) in [6, 6.07) is 5.09. The fourth-order valence-corrected chi connectivity index (χ4v) is 2.93. The van der Waals surface area contributed by atoms with Gasteiger partial charge >= 0.3 is 5.97 Å². The lowest BCUT2D eigenvalue weighted by molar-refractivity contribution is 0.0699. The number of hydrogen-bond donors (Lipinski definition) is 2. The van der Waals surface area contributed by atoms with Gasteiger partial charge in [0.15, 0.2) is 0 Å². The number of thiophene rings is 1.